The van der Waals surface area contributed by atoms with Gasteiger partial charge in [0.15, 0.2) is 10.8 Å². The molecule has 0 aliphatic rings. The molecule has 0 spiro atoms. The summed E-state index contributed by atoms with van der Waals surface area (Å²) in [5.41, 5.74) is 5.91. The quantitative estimate of drug-likeness (QED) is 0.520. The molecule has 2 heterocycles. The molecule has 0 amide bonds. The summed E-state index contributed by atoms with van der Waals surface area (Å²) < 4.78 is 14.6. The number of aryl methyl sites for hydroxylation is 3. The minimum absolute atomic E-state index is 0.312. The maximum Gasteiger partial charge on any atom is 0.350 e. The van der Waals surface area contributed by atoms with Crippen molar-refractivity contribution in [2.24, 2.45) is 0 Å². The van der Waals surface area contributed by atoms with Crippen molar-refractivity contribution in [3.8, 4) is 11.1 Å². The summed E-state index contributed by atoms with van der Waals surface area (Å²) in [4.78, 5) is 19.9. The smallest absolute Gasteiger partial charge is 0.285 e. The first-order chi connectivity index (χ1) is 13.4. The summed E-state index contributed by atoms with van der Waals surface area (Å²) in [6.07, 6.45) is 0. The molecule has 2 aromatic carbocycles. The Hall–Kier alpha value is -2.93. The second-order valence-corrected chi connectivity index (χ2v) is 7.73. The lowest BCUT2D eigenvalue weighted by Gasteiger charge is -2.07. The average Bonchev–Trinajstić information content (AvgIpc) is 3.00. The van der Waals surface area contributed by atoms with Gasteiger partial charge in [-0.25, -0.2) is 14.2 Å². The Balaban J connectivity index is 1.74. The van der Waals surface area contributed by atoms with Crippen molar-refractivity contribution in [2.75, 3.05) is 0 Å². The number of hydrogen-bond acceptors (Lipinski definition) is 4. The highest BCUT2D eigenvalue weighted by Gasteiger charge is 2.16. The maximum absolute atomic E-state index is 13.3. The number of halogens is 1. The summed E-state index contributed by atoms with van der Waals surface area (Å²) >= 11 is 1.47. The van der Waals surface area contributed by atoms with E-state index in [1.54, 1.807) is 12.1 Å². The molecule has 0 unspecified atom stereocenters. The molecule has 0 fully saturated rings. The topological polar surface area (TPSA) is 63.1 Å². The van der Waals surface area contributed by atoms with Crippen LogP contribution in [-0.4, -0.2) is 19.6 Å². The van der Waals surface area contributed by atoms with E-state index in [1.165, 1.54) is 45.1 Å². The molecule has 4 rings (SSSR count). The number of hydrogen-bond donors (Lipinski definition) is 1. The molecule has 0 bridgehead atoms. The van der Waals surface area contributed by atoms with Gasteiger partial charge >= 0.3 is 5.69 Å². The predicted molar refractivity (Wildman–Crippen MR) is 109 cm³/mol. The molecular formula is C21H19FN4OS. The van der Waals surface area contributed by atoms with Crippen molar-refractivity contribution in [1.29, 1.82) is 0 Å². The SMILES string of the molecule is Cc1ccc(C)c(CSc2nc3c(-c4ccc(F)cc4)c(C)nn3c(=O)[nH]2)c1. The Morgan fingerprint density at radius 1 is 1.11 bits per heavy atom. The highest BCUT2D eigenvalue weighted by molar-refractivity contribution is 7.98. The normalized spacial score (nSPS) is 11.3. The van der Waals surface area contributed by atoms with Gasteiger partial charge in [0.1, 0.15) is 5.82 Å². The minimum Gasteiger partial charge on any atom is -0.285 e. The molecule has 0 saturated heterocycles. The van der Waals surface area contributed by atoms with Crippen LogP contribution in [0.1, 0.15) is 22.4 Å². The van der Waals surface area contributed by atoms with Crippen molar-refractivity contribution in [1.82, 2.24) is 19.6 Å². The van der Waals surface area contributed by atoms with Crippen LogP contribution < -0.4 is 5.69 Å². The monoisotopic (exact) mass is 394 g/mol. The summed E-state index contributed by atoms with van der Waals surface area (Å²) in [6, 6.07) is 12.4. The molecule has 0 saturated carbocycles. The van der Waals surface area contributed by atoms with Gasteiger partial charge in [-0.2, -0.15) is 9.61 Å². The molecule has 5 nitrogen and oxygen atoms in total. The Morgan fingerprint density at radius 2 is 1.86 bits per heavy atom. The molecule has 28 heavy (non-hydrogen) atoms. The Labute approximate surface area is 165 Å². The number of aromatic amines is 1. The van der Waals surface area contributed by atoms with Crippen LogP contribution in [0.3, 0.4) is 0 Å². The van der Waals surface area contributed by atoms with E-state index in [0.29, 0.717) is 22.3 Å². The second-order valence-electron chi connectivity index (χ2n) is 6.77. The molecule has 0 atom stereocenters. The van der Waals surface area contributed by atoms with Gasteiger partial charge in [-0.15, -0.1) is 0 Å². The fourth-order valence-corrected chi connectivity index (χ4v) is 4.07. The third-order valence-corrected chi connectivity index (χ3v) is 5.57. The summed E-state index contributed by atoms with van der Waals surface area (Å²) in [7, 11) is 0. The van der Waals surface area contributed by atoms with E-state index in [9.17, 15) is 9.18 Å². The Morgan fingerprint density at radius 3 is 2.61 bits per heavy atom. The number of rotatable bonds is 4. The van der Waals surface area contributed by atoms with Crippen LogP contribution in [0.5, 0.6) is 0 Å². The molecule has 0 radical (unpaired) electrons. The number of thioether (sulfide) groups is 1. The van der Waals surface area contributed by atoms with Crippen LogP contribution in [0.25, 0.3) is 16.8 Å². The number of benzene rings is 2. The molecule has 2 aromatic heterocycles. The van der Waals surface area contributed by atoms with Crippen LogP contribution in [0.4, 0.5) is 4.39 Å². The third kappa shape index (κ3) is 3.45. The Kier molecular flexibility index (Phi) is 4.77. The van der Waals surface area contributed by atoms with Crippen LogP contribution in [0.15, 0.2) is 52.4 Å². The lowest BCUT2D eigenvalue weighted by molar-refractivity contribution is 0.628. The molecule has 0 aliphatic carbocycles. The number of nitrogens with one attached hydrogen (secondary N) is 1. The van der Waals surface area contributed by atoms with E-state index in [1.807, 2.05) is 6.92 Å². The first kappa shape index (κ1) is 18.4. The van der Waals surface area contributed by atoms with E-state index in [0.717, 1.165) is 11.1 Å². The molecular weight excluding hydrogens is 375 g/mol. The standard InChI is InChI=1S/C21H19FN4OS/c1-12-4-5-13(2)16(10-12)11-28-20-23-19-18(15-6-8-17(22)9-7-15)14(3)25-26(19)21(27)24-20/h4-10H,11H2,1-3H3,(H,23,24,27). The molecule has 142 valence electrons. The fraction of sp³-hybridized carbons (Fsp3) is 0.190. The van der Waals surface area contributed by atoms with Crippen molar-refractivity contribution in [3.05, 3.63) is 81.2 Å². The van der Waals surface area contributed by atoms with Crippen molar-refractivity contribution < 1.29 is 4.39 Å². The summed E-state index contributed by atoms with van der Waals surface area (Å²) in [6.45, 7) is 5.95. The predicted octanol–water partition coefficient (Wildman–Crippen LogP) is 4.44. The van der Waals surface area contributed by atoms with Gasteiger partial charge < -0.3 is 0 Å². The van der Waals surface area contributed by atoms with Gasteiger partial charge in [0.25, 0.3) is 0 Å². The Bertz CT molecular complexity index is 1230. The van der Waals surface area contributed by atoms with Gasteiger partial charge in [0.05, 0.1) is 5.69 Å². The van der Waals surface area contributed by atoms with E-state index < -0.39 is 0 Å². The van der Waals surface area contributed by atoms with Crippen LogP contribution in [0, 0.1) is 26.6 Å². The number of fused-ring (bicyclic) bond motifs is 1. The third-order valence-electron chi connectivity index (χ3n) is 4.65. The molecule has 7 heteroatoms. The average molecular weight is 394 g/mol. The maximum atomic E-state index is 13.3. The number of nitrogens with zero attached hydrogens (tertiary/aromatic N) is 3. The first-order valence-electron chi connectivity index (χ1n) is 8.87. The van der Waals surface area contributed by atoms with Crippen LogP contribution in [0.2, 0.25) is 0 Å². The zero-order valence-electron chi connectivity index (χ0n) is 15.8. The summed E-state index contributed by atoms with van der Waals surface area (Å²) in [5, 5.41) is 4.83. The zero-order chi connectivity index (χ0) is 19.8. The minimum atomic E-state index is -0.343. The van der Waals surface area contributed by atoms with E-state index in [-0.39, 0.29) is 11.5 Å². The lowest BCUT2D eigenvalue weighted by Crippen LogP contribution is -2.19. The second kappa shape index (κ2) is 7.24. The van der Waals surface area contributed by atoms with Crippen molar-refractivity contribution in [3.63, 3.8) is 0 Å². The van der Waals surface area contributed by atoms with Crippen molar-refractivity contribution >= 4 is 17.4 Å². The molecule has 1 N–H and O–H groups in total. The van der Waals surface area contributed by atoms with E-state index in [4.69, 9.17) is 0 Å². The fourth-order valence-electron chi connectivity index (χ4n) is 3.15. The van der Waals surface area contributed by atoms with Crippen LogP contribution >= 0.6 is 11.8 Å². The van der Waals surface area contributed by atoms with E-state index >= 15 is 0 Å². The highest BCUT2D eigenvalue weighted by Crippen LogP contribution is 2.28. The van der Waals surface area contributed by atoms with Crippen molar-refractivity contribution in [2.45, 2.75) is 31.7 Å². The van der Waals surface area contributed by atoms with Gasteiger partial charge in [0, 0.05) is 11.3 Å². The van der Waals surface area contributed by atoms with Gasteiger partial charge in [-0.3, -0.25) is 4.98 Å². The largest absolute Gasteiger partial charge is 0.350 e. The zero-order valence-corrected chi connectivity index (χ0v) is 16.6. The van der Waals surface area contributed by atoms with E-state index in [2.05, 4.69) is 47.1 Å². The summed E-state index contributed by atoms with van der Waals surface area (Å²) in [5.74, 6) is 0.388. The number of H-pyrrole nitrogens is 1. The number of aromatic nitrogens is 4. The highest BCUT2D eigenvalue weighted by atomic mass is 32.2. The first-order valence-corrected chi connectivity index (χ1v) is 9.85. The lowest BCUT2D eigenvalue weighted by atomic mass is 10.1. The van der Waals surface area contributed by atoms with Gasteiger partial charge in [-0.1, -0.05) is 47.7 Å². The van der Waals surface area contributed by atoms with Gasteiger partial charge in [0.2, 0.25) is 0 Å². The molecule has 4 aromatic rings. The molecule has 0 aliphatic heterocycles. The van der Waals surface area contributed by atoms with Crippen LogP contribution in [-0.2, 0) is 5.75 Å². The van der Waals surface area contributed by atoms with Gasteiger partial charge in [-0.05, 0) is 49.6 Å².